The van der Waals surface area contributed by atoms with Gasteiger partial charge in [-0.05, 0) is 30.7 Å². The van der Waals surface area contributed by atoms with E-state index in [0.29, 0.717) is 42.1 Å². The number of aliphatic imine (C=N–C) groups is 1. The van der Waals surface area contributed by atoms with Crippen molar-refractivity contribution in [2.45, 2.75) is 13.5 Å². The van der Waals surface area contributed by atoms with Crippen LogP contribution in [-0.2, 0) is 6.54 Å². The lowest BCUT2D eigenvalue weighted by atomic mass is 10.2. The summed E-state index contributed by atoms with van der Waals surface area (Å²) in [5.74, 6) is 1.48. The molecule has 3 rings (SSSR count). The summed E-state index contributed by atoms with van der Waals surface area (Å²) in [4.78, 5) is 21.3. The molecule has 0 saturated carbocycles. The maximum atomic E-state index is 11.5. The number of hydrogen-bond acceptors (Lipinski definition) is 6. The van der Waals surface area contributed by atoms with Gasteiger partial charge in [-0.2, -0.15) is 0 Å². The monoisotopic (exact) mass is 382 g/mol. The topological polar surface area (TPSA) is 84.8 Å². The van der Waals surface area contributed by atoms with Crippen molar-refractivity contribution in [1.29, 1.82) is 0 Å². The molecule has 1 aliphatic heterocycles. The number of nitrogens with zero attached hydrogens (tertiary/aromatic N) is 4. The van der Waals surface area contributed by atoms with Crippen LogP contribution in [0.4, 0.5) is 0 Å². The summed E-state index contributed by atoms with van der Waals surface area (Å²) in [5, 5.41) is 11.9. The first-order valence-corrected chi connectivity index (χ1v) is 7.73. The summed E-state index contributed by atoms with van der Waals surface area (Å²) in [6.45, 7) is 3.39. The molecular formula is C16H16Cl2N4O3. The van der Waals surface area contributed by atoms with Gasteiger partial charge >= 0.3 is 5.70 Å². The van der Waals surface area contributed by atoms with Crippen LogP contribution in [0.1, 0.15) is 17.1 Å². The van der Waals surface area contributed by atoms with Crippen molar-refractivity contribution in [2.24, 2.45) is 4.99 Å². The van der Waals surface area contributed by atoms with Crippen LogP contribution in [0, 0.1) is 17.0 Å². The van der Waals surface area contributed by atoms with Gasteiger partial charge in [-0.3, -0.25) is 15.1 Å². The third-order valence-corrected chi connectivity index (χ3v) is 3.78. The van der Waals surface area contributed by atoms with E-state index in [1.807, 2.05) is 11.0 Å². The largest absolute Gasteiger partial charge is 0.462 e. The molecular weight excluding hydrogens is 367 g/mol. The molecule has 0 bridgehead atoms. The molecule has 0 radical (unpaired) electrons. The highest BCUT2D eigenvalue weighted by Crippen LogP contribution is 2.19. The molecule has 0 aromatic carbocycles. The SMILES string of the molecule is Cc1ccc(/C=C(/C2=NCCN2Cc2ccc(Cl)nc2)[N+](=O)[O-])o1.Cl. The zero-order valence-corrected chi connectivity index (χ0v) is 15.0. The van der Waals surface area contributed by atoms with E-state index in [9.17, 15) is 10.1 Å². The lowest BCUT2D eigenvalue weighted by molar-refractivity contribution is -0.414. The van der Waals surface area contributed by atoms with Gasteiger partial charge in [-0.1, -0.05) is 17.7 Å². The van der Waals surface area contributed by atoms with E-state index in [1.54, 1.807) is 31.3 Å². The minimum atomic E-state index is -0.435. The Kier molecular flexibility index (Phi) is 6.17. The van der Waals surface area contributed by atoms with Gasteiger partial charge in [-0.15, -0.1) is 12.4 Å². The first-order valence-electron chi connectivity index (χ1n) is 7.35. The Morgan fingerprint density at radius 2 is 2.24 bits per heavy atom. The second-order valence-electron chi connectivity index (χ2n) is 5.35. The summed E-state index contributed by atoms with van der Waals surface area (Å²) in [7, 11) is 0. The average molecular weight is 383 g/mol. The fourth-order valence-corrected chi connectivity index (χ4v) is 2.58. The summed E-state index contributed by atoms with van der Waals surface area (Å²) >= 11 is 5.78. The molecule has 0 unspecified atom stereocenters. The van der Waals surface area contributed by atoms with Gasteiger partial charge in [0, 0.05) is 19.3 Å². The number of rotatable bonds is 5. The van der Waals surface area contributed by atoms with Crippen LogP contribution in [0.25, 0.3) is 6.08 Å². The Hall–Kier alpha value is -2.38. The minimum absolute atomic E-state index is 0. The summed E-state index contributed by atoms with van der Waals surface area (Å²) < 4.78 is 5.41. The Bertz CT molecular complexity index is 815. The van der Waals surface area contributed by atoms with Crippen molar-refractivity contribution in [3.05, 3.63) is 68.5 Å². The number of furan rings is 1. The van der Waals surface area contributed by atoms with E-state index < -0.39 is 4.92 Å². The molecule has 0 spiro atoms. The van der Waals surface area contributed by atoms with E-state index in [-0.39, 0.29) is 18.1 Å². The predicted octanol–water partition coefficient (Wildman–Crippen LogP) is 3.59. The predicted molar refractivity (Wildman–Crippen MR) is 97.6 cm³/mol. The van der Waals surface area contributed by atoms with Crippen LogP contribution in [-0.4, -0.2) is 33.7 Å². The Morgan fingerprint density at radius 3 is 2.84 bits per heavy atom. The minimum Gasteiger partial charge on any atom is -0.462 e. The molecule has 132 valence electrons. The molecule has 0 N–H and O–H groups in total. The standard InChI is InChI=1S/C16H15ClN4O3.ClH/c1-11-2-4-13(24-11)8-14(21(22)23)16-18-6-7-20(16)10-12-3-5-15(17)19-9-12;/h2-5,8-9H,6-7,10H2,1H3;1H/b14-8-;. The van der Waals surface area contributed by atoms with Gasteiger partial charge in [0.1, 0.15) is 16.7 Å². The molecule has 0 fully saturated rings. The molecule has 2 aromatic rings. The summed E-state index contributed by atoms with van der Waals surface area (Å²) in [6.07, 6.45) is 3.06. The van der Waals surface area contributed by atoms with E-state index in [0.717, 1.165) is 5.56 Å². The zero-order chi connectivity index (χ0) is 17.1. The number of aryl methyl sites for hydroxylation is 1. The van der Waals surface area contributed by atoms with E-state index in [4.69, 9.17) is 16.0 Å². The highest BCUT2D eigenvalue weighted by Gasteiger charge is 2.29. The van der Waals surface area contributed by atoms with E-state index >= 15 is 0 Å². The van der Waals surface area contributed by atoms with Gasteiger partial charge in [0.2, 0.25) is 5.84 Å². The summed E-state index contributed by atoms with van der Waals surface area (Å²) in [5.41, 5.74) is 0.828. The highest BCUT2D eigenvalue weighted by atomic mass is 35.5. The number of halogens is 2. The smallest absolute Gasteiger partial charge is 0.314 e. The van der Waals surface area contributed by atoms with Crippen molar-refractivity contribution in [3.63, 3.8) is 0 Å². The Labute approximate surface area is 155 Å². The third-order valence-electron chi connectivity index (χ3n) is 3.56. The second kappa shape index (κ2) is 8.13. The third kappa shape index (κ3) is 4.58. The lowest BCUT2D eigenvalue weighted by Crippen LogP contribution is -2.30. The van der Waals surface area contributed by atoms with Crippen LogP contribution in [0.15, 0.2) is 45.6 Å². The highest BCUT2D eigenvalue weighted by molar-refractivity contribution is 6.29. The van der Waals surface area contributed by atoms with Crippen LogP contribution in [0.2, 0.25) is 5.15 Å². The maximum Gasteiger partial charge on any atom is 0.314 e. The Morgan fingerprint density at radius 1 is 1.44 bits per heavy atom. The Balaban J connectivity index is 0.00000225. The molecule has 0 atom stereocenters. The summed E-state index contributed by atoms with van der Waals surface area (Å²) in [6, 6.07) is 7.00. The van der Waals surface area contributed by atoms with Gasteiger partial charge in [0.25, 0.3) is 0 Å². The molecule has 3 heterocycles. The lowest BCUT2D eigenvalue weighted by Gasteiger charge is -2.18. The number of pyridine rings is 1. The van der Waals surface area contributed by atoms with Crippen molar-refractivity contribution >= 4 is 35.9 Å². The molecule has 0 amide bonds. The molecule has 2 aromatic heterocycles. The quantitative estimate of drug-likeness (QED) is 0.448. The first kappa shape index (κ1) is 19.0. The molecule has 0 aliphatic carbocycles. The molecule has 1 aliphatic rings. The van der Waals surface area contributed by atoms with Crippen molar-refractivity contribution in [1.82, 2.24) is 9.88 Å². The number of hydrogen-bond donors (Lipinski definition) is 0. The van der Waals surface area contributed by atoms with Crippen molar-refractivity contribution in [3.8, 4) is 0 Å². The van der Waals surface area contributed by atoms with Gasteiger partial charge in [-0.25, -0.2) is 4.98 Å². The van der Waals surface area contributed by atoms with E-state index in [1.165, 1.54) is 6.08 Å². The van der Waals surface area contributed by atoms with E-state index in [2.05, 4.69) is 9.98 Å². The average Bonchev–Trinajstić information content (AvgIpc) is 3.16. The number of amidine groups is 1. The first-order chi connectivity index (χ1) is 11.5. The van der Waals surface area contributed by atoms with Crippen LogP contribution in [0.3, 0.4) is 0 Å². The molecule has 9 heteroatoms. The second-order valence-corrected chi connectivity index (χ2v) is 5.74. The normalized spacial score (nSPS) is 14.2. The van der Waals surface area contributed by atoms with Crippen LogP contribution < -0.4 is 0 Å². The molecule has 7 nitrogen and oxygen atoms in total. The fraction of sp³-hybridized carbons (Fsp3) is 0.250. The fourth-order valence-electron chi connectivity index (χ4n) is 2.46. The van der Waals surface area contributed by atoms with Crippen molar-refractivity contribution in [2.75, 3.05) is 13.1 Å². The van der Waals surface area contributed by atoms with Crippen LogP contribution >= 0.6 is 24.0 Å². The molecule has 0 saturated heterocycles. The van der Waals surface area contributed by atoms with Gasteiger partial charge in [0.15, 0.2) is 0 Å². The van der Waals surface area contributed by atoms with Gasteiger partial charge < -0.3 is 9.32 Å². The van der Waals surface area contributed by atoms with Gasteiger partial charge in [0.05, 0.1) is 17.5 Å². The molecule has 25 heavy (non-hydrogen) atoms. The zero-order valence-electron chi connectivity index (χ0n) is 13.4. The number of aromatic nitrogens is 1. The maximum absolute atomic E-state index is 11.5. The number of nitro groups is 1. The van der Waals surface area contributed by atoms with Crippen LogP contribution in [0.5, 0.6) is 0 Å². The van der Waals surface area contributed by atoms with Crippen molar-refractivity contribution < 1.29 is 9.34 Å².